The number of nitrogens with zero attached hydrogens (tertiary/aromatic N) is 2. The van der Waals surface area contributed by atoms with Gasteiger partial charge < -0.3 is 10.1 Å². The van der Waals surface area contributed by atoms with Gasteiger partial charge in [-0.3, -0.25) is 4.79 Å². The molecule has 1 saturated heterocycles. The number of ether oxygens (including phenoxy) is 1. The minimum atomic E-state index is -0.0681. The molecule has 1 aromatic carbocycles. The minimum absolute atomic E-state index is 0.0629. The average Bonchev–Trinajstić information content (AvgIpc) is 2.62. The zero-order valence-corrected chi connectivity index (χ0v) is 14.6. The van der Waals surface area contributed by atoms with E-state index in [0.29, 0.717) is 22.9 Å². The van der Waals surface area contributed by atoms with E-state index in [1.54, 1.807) is 13.0 Å². The molecule has 0 unspecified atom stereocenters. The highest BCUT2D eigenvalue weighted by Crippen LogP contribution is 2.28. The molecule has 1 aliphatic rings. The minimum Gasteiger partial charge on any atom is -0.371 e. The van der Waals surface area contributed by atoms with Crippen LogP contribution in [0.2, 0.25) is 5.02 Å². The van der Waals surface area contributed by atoms with Gasteiger partial charge in [0.05, 0.1) is 12.7 Å². The number of halogens is 1. The lowest BCUT2D eigenvalue weighted by molar-refractivity contribution is 0.0277. The van der Waals surface area contributed by atoms with Crippen molar-refractivity contribution in [1.29, 1.82) is 5.26 Å². The second-order valence-electron chi connectivity index (χ2n) is 6.01. The molecule has 1 aliphatic heterocycles. The molecule has 0 amide bonds. The van der Waals surface area contributed by atoms with Gasteiger partial charge in [-0.05, 0) is 30.7 Å². The molecule has 1 aromatic heterocycles. The summed E-state index contributed by atoms with van der Waals surface area (Å²) in [7, 11) is 0. The fraction of sp³-hybridized carbons (Fsp3) is 0.316. The third-order valence-electron chi connectivity index (χ3n) is 4.09. The molecule has 25 heavy (non-hydrogen) atoms. The summed E-state index contributed by atoms with van der Waals surface area (Å²) in [6, 6.07) is 10.8. The third kappa shape index (κ3) is 4.23. The van der Waals surface area contributed by atoms with Gasteiger partial charge in [-0.2, -0.15) is 5.26 Å². The van der Waals surface area contributed by atoms with E-state index in [2.05, 4.69) is 10.3 Å². The SMILES string of the molecule is Cc1cc(C(=O)Cc2ccc([C@H]3CNCCO3)c(Cl)c2)cc(C#N)n1. The first-order valence-electron chi connectivity index (χ1n) is 8.09. The first-order valence-corrected chi connectivity index (χ1v) is 8.47. The summed E-state index contributed by atoms with van der Waals surface area (Å²) in [5, 5.41) is 12.9. The van der Waals surface area contributed by atoms with Crippen LogP contribution in [0, 0.1) is 18.3 Å². The maximum Gasteiger partial charge on any atom is 0.167 e. The maximum absolute atomic E-state index is 12.5. The van der Waals surface area contributed by atoms with E-state index in [1.807, 2.05) is 24.3 Å². The van der Waals surface area contributed by atoms with E-state index in [-0.39, 0.29) is 24.0 Å². The summed E-state index contributed by atoms with van der Waals surface area (Å²) in [4.78, 5) is 16.6. The zero-order chi connectivity index (χ0) is 17.8. The van der Waals surface area contributed by atoms with Gasteiger partial charge in [0.15, 0.2) is 5.78 Å². The summed E-state index contributed by atoms with van der Waals surface area (Å²) in [6.07, 6.45) is 0.157. The van der Waals surface area contributed by atoms with Gasteiger partial charge in [-0.25, -0.2) is 4.98 Å². The number of nitrogens with one attached hydrogen (secondary N) is 1. The van der Waals surface area contributed by atoms with Gasteiger partial charge in [0.2, 0.25) is 0 Å². The second kappa shape index (κ2) is 7.75. The van der Waals surface area contributed by atoms with Crippen molar-refractivity contribution < 1.29 is 9.53 Å². The van der Waals surface area contributed by atoms with E-state index >= 15 is 0 Å². The van der Waals surface area contributed by atoms with Gasteiger partial charge in [-0.15, -0.1) is 0 Å². The van der Waals surface area contributed by atoms with Crippen molar-refractivity contribution in [3.8, 4) is 6.07 Å². The Labute approximate surface area is 151 Å². The summed E-state index contributed by atoms with van der Waals surface area (Å²) >= 11 is 6.39. The first kappa shape index (κ1) is 17.6. The molecular weight excluding hydrogens is 338 g/mol. The van der Waals surface area contributed by atoms with Crippen molar-refractivity contribution in [3.63, 3.8) is 0 Å². The lowest BCUT2D eigenvalue weighted by Gasteiger charge is -2.24. The van der Waals surface area contributed by atoms with Crippen LogP contribution in [0.3, 0.4) is 0 Å². The molecule has 0 aliphatic carbocycles. The van der Waals surface area contributed by atoms with Crippen LogP contribution in [0.1, 0.15) is 39.0 Å². The molecule has 2 aromatic rings. The van der Waals surface area contributed by atoms with E-state index < -0.39 is 0 Å². The summed E-state index contributed by atoms with van der Waals surface area (Å²) in [5.41, 5.74) is 3.15. The van der Waals surface area contributed by atoms with E-state index in [4.69, 9.17) is 21.6 Å². The maximum atomic E-state index is 12.5. The normalized spacial score (nSPS) is 17.1. The van der Waals surface area contributed by atoms with Crippen LogP contribution in [-0.2, 0) is 11.2 Å². The van der Waals surface area contributed by atoms with E-state index in [1.165, 1.54) is 6.07 Å². The lowest BCUT2D eigenvalue weighted by atomic mass is 10.00. The topological polar surface area (TPSA) is 75.0 Å². The second-order valence-corrected chi connectivity index (χ2v) is 6.42. The molecular formula is C19H18ClN3O2. The highest BCUT2D eigenvalue weighted by atomic mass is 35.5. The number of carbonyl (C=O) groups excluding carboxylic acids is 1. The molecule has 1 fully saturated rings. The highest BCUT2D eigenvalue weighted by molar-refractivity contribution is 6.31. The Bertz CT molecular complexity index is 839. The third-order valence-corrected chi connectivity index (χ3v) is 4.42. The smallest absolute Gasteiger partial charge is 0.167 e. The van der Waals surface area contributed by atoms with Crippen LogP contribution >= 0.6 is 11.6 Å². The number of aromatic nitrogens is 1. The van der Waals surface area contributed by atoms with Gasteiger partial charge in [0, 0.05) is 41.4 Å². The number of rotatable bonds is 4. The average molecular weight is 356 g/mol. The van der Waals surface area contributed by atoms with Crippen LogP contribution < -0.4 is 5.32 Å². The van der Waals surface area contributed by atoms with Crippen LogP contribution in [0.25, 0.3) is 0 Å². The molecule has 2 heterocycles. The van der Waals surface area contributed by atoms with Crippen molar-refractivity contribution in [2.45, 2.75) is 19.4 Å². The van der Waals surface area contributed by atoms with Crippen LogP contribution in [0.5, 0.6) is 0 Å². The fourth-order valence-electron chi connectivity index (χ4n) is 2.88. The van der Waals surface area contributed by atoms with Crippen molar-refractivity contribution in [2.75, 3.05) is 19.7 Å². The lowest BCUT2D eigenvalue weighted by Crippen LogP contribution is -2.33. The van der Waals surface area contributed by atoms with Crippen LogP contribution in [0.4, 0.5) is 0 Å². The summed E-state index contributed by atoms with van der Waals surface area (Å²) < 4.78 is 5.72. The number of Topliss-reactive ketones (excluding diaryl/α,β-unsaturated/α-hetero) is 1. The molecule has 0 bridgehead atoms. The van der Waals surface area contributed by atoms with Crippen LogP contribution in [-0.4, -0.2) is 30.5 Å². The number of carbonyl (C=O) groups is 1. The molecule has 3 rings (SSSR count). The number of morpholine rings is 1. The Hall–Kier alpha value is -2.26. The van der Waals surface area contributed by atoms with Crippen molar-refractivity contribution in [3.05, 3.63) is 63.4 Å². The molecule has 1 atom stereocenters. The van der Waals surface area contributed by atoms with Crippen molar-refractivity contribution in [1.82, 2.24) is 10.3 Å². The number of ketones is 1. The number of aryl methyl sites for hydroxylation is 1. The molecule has 0 radical (unpaired) electrons. The predicted molar refractivity (Wildman–Crippen MR) is 94.7 cm³/mol. The Balaban J connectivity index is 1.77. The first-order chi connectivity index (χ1) is 12.1. The molecule has 5 nitrogen and oxygen atoms in total. The van der Waals surface area contributed by atoms with E-state index in [9.17, 15) is 4.79 Å². The number of hydrogen-bond donors (Lipinski definition) is 1. The predicted octanol–water partition coefficient (Wildman–Crippen LogP) is 3.00. The zero-order valence-electron chi connectivity index (χ0n) is 13.9. The molecule has 1 N–H and O–H groups in total. The number of pyridine rings is 1. The number of nitriles is 1. The monoisotopic (exact) mass is 355 g/mol. The van der Waals surface area contributed by atoms with Gasteiger partial charge >= 0.3 is 0 Å². The fourth-order valence-corrected chi connectivity index (χ4v) is 3.21. The van der Waals surface area contributed by atoms with Crippen LogP contribution in [0.15, 0.2) is 30.3 Å². The van der Waals surface area contributed by atoms with E-state index in [0.717, 1.165) is 24.2 Å². The standard InChI is InChI=1S/C19H18ClN3O2/c1-12-6-14(9-15(10-21)23-12)18(24)8-13-2-3-16(17(20)7-13)19-11-22-4-5-25-19/h2-3,6-7,9,19,22H,4-5,8,11H2,1H3/t19-/m1/s1. The molecule has 0 saturated carbocycles. The number of hydrogen-bond acceptors (Lipinski definition) is 5. The van der Waals surface area contributed by atoms with Crippen molar-refractivity contribution >= 4 is 17.4 Å². The Morgan fingerprint density at radius 2 is 2.28 bits per heavy atom. The van der Waals surface area contributed by atoms with Gasteiger partial charge in [0.1, 0.15) is 11.8 Å². The Kier molecular flexibility index (Phi) is 5.44. The quantitative estimate of drug-likeness (QED) is 0.853. The Morgan fingerprint density at radius 3 is 2.96 bits per heavy atom. The molecule has 0 spiro atoms. The molecule has 6 heteroatoms. The summed E-state index contributed by atoms with van der Waals surface area (Å²) in [5.74, 6) is -0.0681. The van der Waals surface area contributed by atoms with Gasteiger partial charge in [0.25, 0.3) is 0 Å². The largest absolute Gasteiger partial charge is 0.371 e. The molecule has 128 valence electrons. The Morgan fingerprint density at radius 1 is 1.44 bits per heavy atom. The number of benzene rings is 1. The summed E-state index contributed by atoms with van der Waals surface area (Å²) in [6.45, 7) is 3.99. The highest BCUT2D eigenvalue weighted by Gasteiger charge is 2.19. The van der Waals surface area contributed by atoms with Crippen molar-refractivity contribution in [2.24, 2.45) is 0 Å². The van der Waals surface area contributed by atoms with Gasteiger partial charge in [-0.1, -0.05) is 23.7 Å².